The lowest BCUT2D eigenvalue weighted by atomic mass is 10.3. The zero-order valence-corrected chi connectivity index (χ0v) is 13.8. The zero-order chi connectivity index (χ0) is 16.4. The second-order valence-corrected chi connectivity index (χ2v) is 6.85. The fourth-order valence-corrected chi connectivity index (χ4v) is 3.46. The van der Waals surface area contributed by atoms with E-state index in [1.54, 1.807) is 18.2 Å². The first-order valence-electron chi connectivity index (χ1n) is 6.75. The molecule has 0 spiro atoms. The molecule has 0 aromatic heterocycles. The van der Waals surface area contributed by atoms with Crippen LogP contribution in [-0.2, 0) is 10.0 Å². The highest BCUT2D eigenvalue weighted by Gasteiger charge is 2.19. The molecule has 0 saturated heterocycles. The van der Waals surface area contributed by atoms with Crippen molar-refractivity contribution < 1.29 is 22.6 Å². The molecule has 23 heavy (non-hydrogen) atoms. The Morgan fingerprint density at radius 2 is 1.83 bits per heavy atom. The number of nitrogens with one attached hydrogen (secondary N) is 1. The van der Waals surface area contributed by atoms with Crippen LogP contribution in [0.1, 0.15) is 0 Å². The predicted octanol–water partition coefficient (Wildman–Crippen LogP) is 2.92. The van der Waals surface area contributed by atoms with Crippen molar-refractivity contribution >= 4 is 27.3 Å². The topological polar surface area (TPSA) is 73.9 Å². The van der Waals surface area contributed by atoms with Crippen LogP contribution in [0.3, 0.4) is 0 Å². The molecule has 8 heteroatoms. The molecule has 0 amide bonds. The van der Waals surface area contributed by atoms with Gasteiger partial charge in [-0.25, -0.2) is 8.42 Å². The largest absolute Gasteiger partial charge is 0.495 e. The summed E-state index contributed by atoms with van der Waals surface area (Å²) in [7, 11) is -2.28. The molecular weight excluding hydrogens is 342 g/mol. The lowest BCUT2D eigenvalue weighted by Crippen LogP contribution is -2.17. The van der Waals surface area contributed by atoms with Gasteiger partial charge in [0.2, 0.25) is 0 Å². The van der Waals surface area contributed by atoms with Crippen molar-refractivity contribution in [2.45, 2.75) is 4.90 Å². The van der Waals surface area contributed by atoms with Gasteiger partial charge < -0.3 is 14.2 Å². The summed E-state index contributed by atoms with van der Waals surface area (Å²) in [4.78, 5) is 0.0775. The number of hydrogen-bond acceptors (Lipinski definition) is 5. The standard InChI is InChI=1S/C15H14ClNO5S/c1-20-13-4-2-10(8-12(13)16)17-23(18,19)11-3-5-14-15(9-11)22-7-6-21-14/h2-5,8-9,17H,6-7H2,1H3. The Kier molecular flexibility index (Phi) is 4.23. The third-order valence-corrected chi connectivity index (χ3v) is 4.90. The number of halogens is 1. The van der Waals surface area contributed by atoms with Gasteiger partial charge in [-0.2, -0.15) is 0 Å². The fourth-order valence-electron chi connectivity index (χ4n) is 2.13. The third-order valence-electron chi connectivity index (χ3n) is 3.23. The van der Waals surface area contributed by atoms with Crippen LogP contribution >= 0.6 is 11.6 Å². The molecule has 1 N–H and O–H groups in total. The van der Waals surface area contributed by atoms with Crippen molar-refractivity contribution in [3.8, 4) is 17.2 Å². The van der Waals surface area contributed by atoms with Gasteiger partial charge in [-0.1, -0.05) is 11.6 Å². The Hall–Kier alpha value is -2.12. The number of hydrogen-bond donors (Lipinski definition) is 1. The van der Waals surface area contributed by atoms with Gasteiger partial charge in [0.25, 0.3) is 10.0 Å². The van der Waals surface area contributed by atoms with Crippen LogP contribution < -0.4 is 18.9 Å². The molecule has 0 aliphatic carbocycles. The van der Waals surface area contributed by atoms with Gasteiger partial charge in [-0.05, 0) is 30.3 Å². The molecule has 1 heterocycles. The molecule has 0 saturated carbocycles. The number of methoxy groups -OCH3 is 1. The molecule has 1 aliphatic rings. The van der Waals surface area contributed by atoms with Crippen molar-refractivity contribution in [2.24, 2.45) is 0 Å². The highest BCUT2D eigenvalue weighted by Crippen LogP contribution is 2.33. The molecule has 1 aliphatic heterocycles. The highest BCUT2D eigenvalue weighted by molar-refractivity contribution is 7.92. The number of anilines is 1. The lowest BCUT2D eigenvalue weighted by molar-refractivity contribution is 0.171. The predicted molar refractivity (Wildman–Crippen MR) is 86.2 cm³/mol. The van der Waals surface area contributed by atoms with Gasteiger partial charge >= 0.3 is 0 Å². The Balaban J connectivity index is 1.88. The number of benzene rings is 2. The van der Waals surface area contributed by atoms with E-state index < -0.39 is 10.0 Å². The monoisotopic (exact) mass is 355 g/mol. The van der Waals surface area contributed by atoms with Crippen molar-refractivity contribution in [3.05, 3.63) is 41.4 Å². The Morgan fingerprint density at radius 1 is 1.09 bits per heavy atom. The van der Waals surface area contributed by atoms with E-state index in [2.05, 4.69) is 4.72 Å². The molecule has 0 radical (unpaired) electrons. The van der Waals surface area contributed by atoms with E-state index in [-0.39, 0.29) is 4.90 Å². The maximum Gasteiger partial charge on any atom is 0.262 e. The second-order valence-electron chi connectivity index (χ2n) is 4.76. The van der Waals surface area contributed by atoms with Crippen LogP contribution in [0.15, 0.2) is 41.3 Å². The van der Waals surface area contributed by atoms with Crippen molar-refractivity contribution in [1.82, 2.24) is 0 Å². The van der Waals surface area contributed by atoms with Crippen molar-refractivity contribution in [2.75, 3.05) is 25.0 Å². The first-order chi connectivity index (χ1) is 11.0. The summed E-state index contributed by atoms with van der Waals surface area (Å²) < 4.78 is 43.2. The summed E-state index contributed by atoms with van der Waals surface area (Å²) >= 11 is 6.00. The van der Waals surface area contributed by atoms with Gasteiger partial charge in [0, 0.05) is 6.07 Å². The van der Waals surface area contributed by atoms with Crippen LogP contribution in [0.25, 0.3) is 0 Å². The van der Waals surface area contributed by atoms with Gasteiger partial charge in [0.1, 0.15) is 19.0 Å². The number of sulfonamides is 1. The average Bonchev–Trinajstić information content (AvgIpc) is 2.54. The fraction of sp³-hybridized carbons (Fsp3) is 0.200. The zero-order valence-electron chi connectivity index (χ0n) is 12.2. The second kappa shape index (κ2) is 6.17. The third kappa shape index (κ3) is 3.30. The number of ether oxygens (including phenoxy) is 3. The van der Waals surface area contributed by atoms with Crippen LogP contribution in [0.2, 0.25) is 5.02 Å². The van der Waals surface area contributed by atoms with E-state index in [1.165, 1.54) is 25.3 Å². The SMILES string of the molecule is COc1ccc(NS(=O)(=O)c2ccc3c(c2)OCCO3)cc1Cl. The van der Waals surface area contributed by atoms with Gasteiger partial charge in [-0.3, -0.25) is 4.72 Å². The van der Waals surface area contributed by atoms with E-state index >= 15 is 0 Å². The summed E-state index contributed by atoms with van der Waals surface area (Å²) in [5.41, 5.74) is 0.339. The van der Waals surface area contributed by atoms with Gasteiger partial charge in [0.05, 0.1) is 22.7 Å². The average molecular weight is 356 g/mol. The van der Waals surface area contributed by atoms with Crippen LogP contribution in [0.5, 0.6) is 17.2 Å². The lowest BCUT2D eigenvalue weighted by Gasteiger charge is -2.19. The molecular formula is C15H14ClNO5S. The molecule has 0 unspecified atom stereocenters. The molecule has 2 aromatic carbocycles. The first-order valence-corrected chi connectivity index (χ1v) is 8.62. The maximum atomic E-state index is 12.5. The minimum absolute atomic E-state index is 0.0775. The molecule has 0 bridgehead atoms. The van der Waals surface area contributed by atoms with E-state index in [0.29, 0.717) is 41.2 Å². The highest BCUT2D eigenvalue weighted by atomic mass is 35.5. The number of fused-ring (bicyclic) bond motifs is 1. The smallest absolute Gasteiger partial charge is 0.262 e. The molecule has 0 atom stereocenters. The van der Waals surface area contributed by atoms with Gasteiger partial charge in [0.15, 0.2) is 11.5 Å². The molecule has 122 valence electrons. The summed E-state index contributed by atoms with van der Waals surface area (Å²) in [5.74, 6) is 1.41. The normalized spacial score (nSPS) is 13.5. The Labute approximate surface area is 139 Å². The Bertz CT molecular complexity index is 838. The molecule has 6 nitrogen and oxygen atoms in total. The quantitative estimate of drug-likeness (QED) is 0.912. The van der Waals surface area contributed by atoms with E-state index in [9.17, 15) is 8.42 Å². The summed E-state index contributed by atoms with van der Waals surface area (Å²) in [6.07, 6.45) is 0. The van der Waals surface area contributed by atoms with Crippen molar-refractivity contribution in [1.29, 1.82) is 0 Å². The molecule has 0 fully saturated rings. The first kappa shape index (κ1) is 15.8. The minimum atomic E-state index is -3.77. The molecule has 3 rings (SSSR count). The summed E-state index contributed by atoms with van der Waals surface area (Å²) in [5, 5.41) is 0.315. The van der Waals surface area contributed by atoms with Crippen LogP contribution in [0, 0.1) is 0 Å². The number of rotatable bonds is 4. The van der Waals surface area contributed by atoms with E-state index in [1.807, 2.05) is 0 Å². The summed E-state index contributed by atoms with van der Waals surface area (Å²) in [6, 6.07) is 9.10. The maximum absolute atomic E-state index is 12.5. The van der Waals surface area contributed by atoms with Crippen LogP contribution in [0.4, 0.5) is 5.69 Å². The minimum Gasteiger partial charge on any atom is -0.495 e. The van der Waals surface area contributed by atoms with Crippen LogP contribution in [-0.4, -0.2) is 28.7 Å². The van der Waals surface area contributed by atoms with Crippen molar-refractivity contribution in [3.63, 3.8) is 0 Å². The summed E-state index contributed by atoms with van der Waals surface area (Å²) in [6.45, 7) is 0.833. The van der Waals surface area contributed by atoms with E-state index in [0.717, 1.165) is 0 Å². The van der Waals surface area contributed by atoms with E-state index in [4.69, 9.17) is 25.8 Å². The van der Waals surface area contributed by atoms with Gasteiger partial charge in [-0.15, -0.1) is 0 Å². The molecule has 2 aromatic rings. The Morgan fingerprint density at radius 3 is 2.52 bits per heavy atom.